The lowest BCUT2D eigenvalue weighted by Gasteiger charge is -2.28. The number of para-hydroxylation sites is 2. The summed E-state index contributed by atoms with van der Waals surface area (Å²) in [6, 6.07) is 20.7. The number of aromatic nitrogens is 1. The number of ether oxygens (including phenoxy) is 1. The Bertz CT molecular complexity index is 1660. The number of fused-ring (bicyclic) bond motifs is 2. The van der Waals surface area contributed by atoms with Crippen molar-refractivity contribution in [3.63, 3.8) is 0 Å². The van der Waals surface area contributed by atoms with Crippen molar-refractivity contribution in [1.82, 2.24) is 15.2 Å². The molecule has 0 bridgehead atoms. The fraction of sp³-hybridized carbons (Fsp3) is 0.194. The van der Waals surface area contributed by atoms with E-state index < -0.39 is 6.17 Å². The van der Waals surface area contributed by atoms with E-state index in [2.05, 4.69) is 10.3 Å². The maximum Gasteiger partial charge on any atom is 0.262 e. The van der Waals surface area contributed by atoms with Crippen molar-refractivity contribution in [2.24, 2.45) is 5.73 Å². The lowest BCUT2D eigenvalue weighted by Crippen LogP contribution is -2.42. The summed E-state index contributed by atoms with van der Waals surface area (Å²) in [6.07, 6.45) is 0.842. The van der Waals surface area contributed by atoms with Crippen LogP contribution in [0.5, 0.6) is 5.75 Å². The first-order valence-electron chi connectivity index (χ1n) is 12.9. The van der Waals surface area contributed by atoms with Crippen LogP contribution in [0.1, 0.15) is 36.5 Å². The minimum absolute atomic E-state index is 0.295. The number of benzene rings is 3. The number of aryl methyl sites for hydroxylation is 1. The van der Waals surface area contributed by atoms with Crippen LogP contribution < -0.4 is 15.8 Å². The molecular formula is C31H28N4O4. The van der Waals surface area contributed by atoms with Crippen molar-refractivity contribution < 1.29 is 18.7 Å². The monoisotopic (exact) mass is 520 g/mol. The topological polar surface area (TPSA) is 111 Å². The molecule has 0 fully saturated rings. The molecule has 8 heteroatoms. The molecule has 0 saturated carbocycles. The first-order chi connectivity index (χ1) is 18.9. The first kappa shape index (κ1) is 24.6. The zero-order chi connectivity index (χ0) is 27.3. The van der Waals surface area contributed by atoms with Gasteiger partial charge in [-0.05, 0) is 43.2 Å². The Labute approximate surface area is 225 Å². The van der Waals surface area contributed by atoms with Crippen LogP contribution in [0.4, 0.5) is 0 Å². The van der Waals surface area contributed by atoms with Gasteiger partial charge in [0, 0.05) is 5.56 Å². The van der Waals surface area contributed by atoms with E-state index in [-0.39, 0.29) is 11.8 Å². The molecule has 3 aromatic carbocycles. The molecule has 0 spiro atoms. The van der Waals surface area contributed by atoms with Crippen LogP contribution in [-0.2, 0) is 9.59 Å². The molecule has 1 unspecified atom stereocenters. The molecule has 0 radical (unpaired) electrons. The third-order valence-corrected chi connectivity index (χ3v) is 7.13. The Morgan fingerprint density at radius 3 is 2.49 bits per heavy atom. The normalized spacial score (nSPS) is 15.8. The van der Waals surface area contributed by atoms with Gasteiger partial charge in [-0.2, -0.15) is 0 Å². The lowest BCUT2D eigenvalue weighted by molar-refractivity contribution is -0.124. The van der Waals surface area contributed by atoms with E-state index in [9.17, 15) is 9.59 Å². The summed E-state index contributed by atoms with van der Waals surface area (Å²) >= 11 is 0. The Morgan fingerprint density at radius 1 is 1.03 bits per heavy atom. The highest BCUT2D eigenvalue weighted by Crippen LogP contribution is 2.44. The Morgan fingerprint density at radius 2 is 1.77 bits per heavy atom. The Hall–Kier alpha value is -4.69. The number of nitrogens with zero attached hydrogens (tertiary/aromatic N) is 2. The van der Waals surface area contributed by atoms with E-state index in [1.165, 1.54) is 0 Å². The quantitative estimate of drug-likeness (QED) is 0.355. The number of rotatable bonds is 7. The summed E-state index contributed by atoms with van der Waals surface area (Å²) in [6.45, 7) is 4.01. The number of amides is 2. The van der Waals surface area contributed by atoms with Gasteiger partial charge in [0.1, 0.15) is 11.3 Å². The largest absolute Gasteiger partial charge is 0.496 e. The standard InChI is InChI=1S/C31H28N4O4/c1-4-7-24(32)35-28(18-12-10-17(2)11-13-18)26-25(31(35)37)27(34-29(26)36)19-14-15-20(23(16-19)38-3)30-33-21-8-5-6-9-22(21)39-30/h5-6,8-16,24H,4,7,32H2,1-3H3,(H,34,36). The smallest absolute Gasteiger partial charge is 0.262 e. The molecule has 3 heterocycles. The van der Waals surface area contributed by atoms with Crippen molar-refractivity contribution in [1.29, 1.82) is 0 Å². The molecular weight excluding hydrogens is 492 g/mol. The molecule has 4 aromatic rings. The van der Waals surface area contributed by atoms with E-state index in [0.717, 1.165) is 23.1 Å². The number of carbonyl (C=O) groups excluding carboxylic acids is 2. The molecule has 8 nitrogen and oxygen atoms in total. The van der Waals surface area contributed by atoms with Gasteiger partial charge in [0.25, 0.3) is 11.8 Å². The molecule has 0 saturated heterocycles. The number of hydrogen-bond acceptors (Lipinski definition) is 6. The highest BCUT2D eigenvalue weighted by molar-refractivity contribution is 6.30. The number of carbonyl (C=O) groups is 2. The third-order valence-electron chi connectivity index (χ3n) is 7.13. The molecule has 2 aliphatic rings. The summed E-state index contributed by atoms with van der Waals surface area (Å²) in [5, 5.41) is 2.94. The van der Waals surface area contributed by atoms with E-state index in [1.807, 2.05) is 74.5 Å². The number of methoxy groups -OCH3 is 1. The van der Waals surface area contributed by atoms with Crippen molar-refractivity contribution in [2.45, 2.75) is 32.9 Å². The summed E-state index contributed by atoms with van der Waals surface area (Å²) in [5.41, 5.74) is 12.7. The zero-order valence-corrected chi connectivity index (χ0v) is 21.9. The Balaban J connectivity index is 1.49. The zero-order valence-electron chi connectivity index (χ0n) is 21.9. The average Bonchev–Trinajstić information content (AvgIpc) is 3.61. The van der Waals surface area contributed by atoms with Gasteiger partial charge in [-0.15, -0.1) is 0 Å². The fourth-order valence-corrected chi connectivity index (χ4v) is 5.22. The third kappa shape index (κ3) is 4.00. The summed E-state index contributed by atoms with van der Waals surface area (Å²) in [5.74, 6) is 0.292. The summed E-state index contributed by atoms with van der Waals surface area (Å²) in [4.78, 5) is 33.5. The SMILES string of the molecule is CCCC(N)N1C(=O)C2=C(c3ccc(-c4nc5ccccc5o4)c(OC)c3)NC(=O)C2=C1c1ccc(C)cc1. The van der Waals surface area contributed by atoms with E-state index in [0.29, 0.717) is 57.3 Å². The van der Waals surface area contributed by atoms with Crippen molar-refractivity contribution in [2.75, 3.05) is 7.11 Å². The highest BCUT2D eigenvalue weighted by Gasteiger charge is 2.47. The summed E-state index contributed by atoms with van der Waals surface area (Å²) < 4.78 is 11.6. The van der Waals surface area contributed by atoms with E-state index >= 15 is 0 Å². The van der Waals surface area contributed by atoms with Gasteiger partial charge in [0.2, 0.25) is 5.89 Å². The molecule has 0 aliphatic carbocycles. The van der Waals surface area contributed by atoms with Crippen LogP contribution in [0.2, 0.25) is 0 Å². The van der Waals surface area contributed by atoms with Crippen LogP contribution in [0.15, 0.2) is 82.3 Å². The second-order valence-corrected chi connectivity index (χ2v) is 9.73. The molecule has 2 amide bonds. The maximum absolute atomic E-state index is 13.9. The van der Waals surface area contributed by atoms with Gasteiger partial charge in [-0.3, -0.25) is 14.5 Å². The minimum atomic E-state index is -0.561. The van der Waals surface area contributed by atoms with Crippen LogP contribution in [0.3, 0.4) is 0 Å². The molecule has 1 atom stereocenters. The summed E-state index contributed by atoms with van der Waals surface area (Å²) in [7, 11) is 1.56. The van der Waals surface area contributed by atoms with Gasteiger partial charge in [0.15, 0.2) is 5.58 Å². The second kappa shape index (κ2) is 9.56. The minimum Gasteiger partial charge on any atom is -0.496 e. The predicted molar refractivity (Wildman–Crippen MR) is 149 cm³/mol. The molecule has 196 valence electrons. The highest BCUT2D eigenvalue weighted by atomic mass is 16.5. The van der Waals surface area contributed by atoms with Crippen LogP contribution in [-0.4, -0.2) is 35.0 Å². The number of nitrogens with one attached hydrogen (secondary N) is 1. The van der Waals surface area contributed by atoms with Gasteiger partial charge >= 0.3 is 0 Å². The molecule has 39 heavy (non-hydrogen) atoms. The first-order valence-corrected chi connectivity index (χ1v) is 12.9. The lowest BCUT2D eigenvalue weighted by atomic mass is 10.0. The van der Waals surface area contributed by atoms with Crippen LogP contribution in [0.25, 0.3) is 33.9 Å². The van der Waals surface area contributed by atoms with Crippen molar-refractivity contribution >= 4 is 34.3 Å². The number of nitrogens with two attached hydrogens (primary N) is 1. The van der Waals surface area contributed by atoms with Gasteiger partial charge in [-0.25, -0.2) is 4.98 Å². The number of oxazole rings is 1. The van der Waals surface area contributed by atoms with Gasteiger partial charge < -0.3 is 20.2 Å². The van der Waals surface area contributed by atoms with Crippen LogP contribution in [0, 0.1) is 6.92 Å². The Kier molecular flexibility index (Phi) is 6.04. The van der Waals surface area contributed by atoms with Crippen LogP contribution >= 0.6 is 0 Å². The fourth-order valence-electron chi connectivity index (χ4n) is 5.22. The number of hydrogen-bond donors (Lipinski definition) is 2. The average molecular weight is 521 g/mol. The van der Waals surface area contributed by atoms with E-state index in [4.69, 9.17) is 14.9 Å². The molecule has 1 aromatic heterocycles. The van der Waals surface area contributed by atoms with Gasteiger partial charge in [0.05, 0.1) is 41.4 Å². The molecule has 3 N–H and O–H groups in total. The molecule has 6 rings (SSSR count). The predicted octanol–water partition coefficient (Wildman–Crippen LogP) is 4.99. The second-order valence-electron chi connectivity index (χ2n) is 9.73. The maximum atomic E-state index is 13.9. The molecule has 2 aliphatic heterocycles. The van der Waals surface area contributed by atoms with E-state index in [1.54, 1.807) is 18.1 Å². The van der Waals surface area contributed by atoms with Crippen molar-refractivity contribution in [3.05, 3.63) is 94.6 Å². The van der Waals surface area contributed by atoms with Crippen molar-refractivity contribution in [3.8, 4) is 17.2 Å². The van der Waals surface area contributed by atoms with Gasteiger partial charge in [-0.1, -0.05) is 61.4 Å².